The van der Waals surface area contributed by atoms with Gasteiger partial charge in [-0.3, -0.25) is 0 Å². The molecule has 0 radical (unpaired) electrons. The summed E-state index contributed by atoms with van der Waals surface area (Å²) in [6.07, 6.45) is 0. The van der Waals surface area contributed by atoms with Gasteiger partial charge >= 0.3 is 11.9 Å². The molecule has 3 rings (SSSR count). The summed E-state index contributed by atoms with van der Waals surface area (Å²) < 4.78 is 16.4. The zero-order valence-electron chi connectivity index (χ0n) is 10.6. The van der Waals surface area contributed by atoms with Crippen molar-refractivity contribution in [1.82, 2.24) is 0 Å². The molecule has 0 bridgehead atoms. The molecule has 1 atom stereocenters. The van der Waals surface area contributed by atoms with Gasteiger partial charge in [0.1, 0.15) is 17.1 Å². The van der Waals surface area contributed by atoms with Crippen LogP contribution in [0.2, 0.25) is 5.02 Å². The number of rotatable bonds is 2. The molecule has 20 heavy (non-hydrogen) atoms. The van der Waals surface area contributed by atoms with E-state index in [0.29, 0.717) is 22.1 Å². The van der Waals surface area contributed by atoms with E-state index in [-0.39, 0.29) is 0 Å². The van der Waals surface area contributed by atoms with Crippen LogP contribution in [-0.2, 0) is 4.74 Å². The fourth-order valence-electron chi connectivity index (χ4n) is 1.93. The fraction of sp³-hybridized carbons (Fsp3) is 0.133. The van der Waals surface area contributed by atoms with Crippen LogP contribution in [0.15, 0.2) is 48.5 Å². The molecule has 0 N–H and O–H groups in total. The molecule has 1 unspecified atom stereocenters. The number of ether oxygens (including phenoxy) is 3. The van der Waals surface area contributed by atoms with Gasteiger partial charge in [0.15, 0.2) is 0 Å². The summed E-state index contributed by atoms with van der Waals surface area (Å²) in [6, 6.07) is 13.6. The number of hydrogen-bond acceptors (Lipinski definition) is 4. The first-order chi connectivity index (χ1) is 9.56. The van der Waals surface area contributed by atoms with E-state index in [4.69, 9.17) is 25.8 Å². The first kappa shape index (κ1) is 12.8. The summed E-state index contributed by atoms with van der Waals surface area (Å²) in [4.78, 5) is 11.9. The first-order valence-electron chi connectivity index (χ1n) is 6.02. The number of fused-ring (bicyclic) bond motifs is 1. The number of carbonyl (C=O) groups excluding carboxylic acids is 1. The Morgan fingerprint density at radius 2 is 1.75 bits per heavy atom. The molecular formula is C15H11ClO4. The predicted octanol–water partition coefficient (Wildman–Crippen LogP) is 3.64. The summed E-state index contributed by atoms with van der Waals surface area (Å²) in [5.74, 6) is -1.06. The van der Waals surface area contributed by atoms with E-state index in [2.05, 4.69) is 0 Å². The molecule has 1 aliphatic rings. The Balaban J connectivity index is 1.87. The van der Waals surface area contributed by atoms with Crippen LogP contribution in [0.4, 0.5) is 0 Å². The minimum absolute atomic E-state index is 0.379. The number of esters is 1. The molecule has 0 aromatic heterocycles. The Kier molecular flexibility index (Phi) is 3.03. The highest BCUT2D eigenvalue weighted by atomic mass is 35.5. The van der Waals surface area contributed by atoms with Gasteiger partial charge in [0.05, 0.1) is 6.92 Å². The lowest BCUT2D eigenvalue weighted by Gasteiger charge is -2.33. The number of halogens is 1. The van der Waals surface area contributed by atoms with Gasteiger partial charge in [-0.05, 0) is 36.4 Å². The Hall–Kier alpha value is -2.20. The Bertz CT molecular complexity index is 653. The Morgan fingerprint density at radius 3 is 2.50 bits per heavy atom. The lowest BCUT2D eigenvalue weighted by Crippen LogP contribution is -2.46. The number of hydrogen-bond donors (Lipinski definition) is 0. The summed E-state index contributed by atoms with van der Waals surface area (Å²) in [7, 11) is 0. The van der Waals surface area contributed by atoms with Crippen LogP contribution in [0, 0.1) is 0 Å². The minimum Gasteiger partial charge on any atom is -0.421 e. The maximum Gasteiger partial charge on any atom is 0.416 e. The normalized spacial score (nSPS) is 20.6. The molecule has 0 spiro atoms. The molecule has 2 aromatic rings. The van der Waals surface area contributed by atoms with Gasteiger partial charge in [-0.2, -0.15) is 0 Å². The standard InChI is InChI=1S/C15H11ClO4/c1-15(18-11-8-6-10(16)7-9-11)19-13-5-3-2-4-12(13)14(17)20-15/h2-9H,1H3. The predicted molar refractivity (Wildman–Crippen MR) is 73.0 cm³/mol. The van der Waals surface area contributed by atoms with Crippen LogP contribution in [0.3, 0.4) is 0 Å². The third-order valence-electron chi connectivity index (χ3n) is 2.80. The molecule has 2 aromatic carbocycles. The molecule has 0 saturated carbocycles. The summed E-state index contributed by atoms with van der Waals surface area (Å²) in [5.41, 5.74) is 0.379. The number of cyclic esters (lactones) is 1. The van der Waals surface area contributed by atoms with E-state index in [9.17, 15) is 4.79 Å². The fourth-order valence-corrected chi connectivity index (χ4v) is 2.05. The van der Waals surface area contributed by atoms with Crippen molar-refractivity contribution in [3.63, 3.8) is 0 Å². The van der Waals surface area contributed by atoms with Crippen molar-refractivity contribution in [1.29, 1.82) is 0 Å². The van der Waals surface area contributed by atoms with Crippen LogP contribution in [0.5, 0.6) is 11.5 Å². The van der Waals surface area contributed by atoms with Crippen LogP contribution in [0.1, 0.15) is 17.3 Å². The van der Waals surface area contributed by atoms with Crippen LogP contribution < -0.4 is 9.47 Å². The maximum absolute atomic E-state index is 11.9. The second-order valence-corrected chi connectivity index (χ2v) is 4.84. The monoisotopic (exact) mass is 290 g/mol. The zero-order chi connectivity index (χ0) is 14.2. The van der Waals surface area contributed by atoms with Crippen molar-refractivity contribution >= 4 is 17.6 Å². The lowest BCUT2D eigenvalue weighted by molar-refractivity contribution is -0.263. The Labute approximate surface area is 120 Å². The SMILES string of the molecule is CC1(Oc2ccc(Cl)cc2)OC(=O)c2ccccc2O1. The smallest absolute Gasteiger partial charge is 0.416 e. The topological polar surface area (TPSA) is 44.8 Å². The molecule has 1 heterocycles. The average molecular weight is 291 g/mol. The van der Waals surface area contributed by atoms with E-state index < -0.39 is 11.9 Å². The van der Waals surface area contributed by atoms with E-state index in [1.165, 1.54) is 6.92 Å². The van der Waals surface area contributed by atoms with Crippen LogP contribution >= 0.6 is 11.6 Å². The quantitative estimate of drug-likeness (QED) is 0.792. The first-order valence-corrected chi connectivity index (χ1v) is 6.39. The highest BCUT2D eigenvalue weighted by Crippen LogP contribution is 2.32. The molecule has 4 nitrogen and oxygen atoms in total. The third-order valence-corrected chi connectivity index (χ3v) is 3.05. The number of benzene rings is 2. The maximum atomic E-state index is 11.9. The van der Waals surface area contributed by atoms with Crippen molar-refractivity contribution in [2.75, 3.05) is 0 Å². The molecule has 102 valence electrons. The zero-order valence-corrected chi connectivity index (χ0v) is 11.4. The highest BCUT2D eigenvalue weighted by Gasteiger charge is 2.40. The van der Waals surface area contributed by atoms with Gasteiger partial charge in [0.2, 0.25) is 0 Å². The third kappa shape index (κ3) is 2.42. The van der Waals surface area contributed by atoms with E-state index in [1.54, 1.807) is 48.5 Å². The van der Waals surface area contributed by atoms with Gasteiger partial charge in [-0.1, -0.05) is 23.7 Å². The molecule has 0 amide bonds. The number of para-hydroxylation sites is 1. The van der Waals surface area contributed by atoms with Gasteiger partial charge < -0.3 is 14.2 Å². The second-order valence-electron chi connectivity index (χ2n) is 4.41. The largest absolute Gasteiger partial charge is 0.421 e. The molecule has 0 aliphatic carbocycles. The second kappa shape index (κ2) is 4.72. The summed E-state index contributed by atoms with van der Waals surface area (Å²) in [5, 5.41) is 0.592. The summed E-state index contributed by atoms with van der Waals surface area (Å²) >= 11 is 5.81. The average Bonchev–Trinajstić information content (AvgIpc) is 2.41. The van der Waals surface area contributed by atoms with E-state index in [0.717, 1.165) is 0 Å². The molecule has 0 fully saturated rings. The van der Waals surface area contributed by atoms with Crippen LogP contribution in [0.25, 0.3) is 0 Å². The van der Waals surface area contributed by atoms with Gasteiger partial charge in [0, 0.05) is 5.02 Å². The van der Waals surface area contributed by atoms with Crippen LogP contribution in [-0.4, -0.2) is 11.9 Å². The minimum atomic E-state index is -1.50. The van der Waals surface area contributed by atoms with Gasteiger partial charge in [-0.25, -0.2) is 4.79 Å². The summed E-state index contributed by atoms with van der Waals surface area (Å²) in [6.45, 7) is 1.54. The molecule has 1 aliphatic heterocycles. The van der Waals surface area contributed by atoms with Crippen molar-refractivity contribution in [3.8, 4) is 11.5 Å². The van der Waals surface area contributed by atoms with E-state index >= 15 is 0 Å². The lowest BCUT2D eigenvalue weighted by atomic mass is 10.2. The van der Waals surface area contributed by atoms with Crippen molar-refractivity contribution < 1.29 is 19.0 Å². The van der Waals surface area contributed by atoms with Crippen molar-refractivity contribution in [2.24, 2.45) is 0 Å². The van der Waals surface area contributed by atoms with Crippen molar-refractivity contribution in [2.45, 2.75) is 12.9 Å². The molecular weight excluding hydrogens is 280 g/mol. The van der Waals surface area contributed by atoms with Gasteiger partial charge in [-0.15, -0.1) is 0 Å². The van der Waals surface area contributed by atoms with Gasteiger partial charge in [0.25, 0.3) is 0 Å². The van der Waals surface area contributed by atoms with Crippen molar-refractivity contribution in [3.05, 3.63) is 59.1 Å². The molecule has 0 saturated heterocycles. The van der Waals surface area contributed by atoms with E-state index in [1.807, 2.05) is 0 Å². The number of carbonyl (C=O) groups is 1. The Morgan fingerprint density at radius 1 is 1.05 bits per heavy atom. The molecule has 5 heteroatoms. The highest BCUT2D eigenvalue weighted by molar-refractivity contribution is 6.30.